The quantitative estimate of drug-likeness (QED) is 0.749. The second-order valence-electron chi connectivity index (χ2n) is 5.51. The van der Waals surface area contributed by atoms with Crippen molar-refractivity contribution in [3.05, 3.63) is 16.4 Å². The summed E-state index contributed by atoms with van der Waals surface area (Å²) >= 11 is 11.4. The van der Waals surface area contributed by atoms with Gasteiger partial charge in [0.05, 0.1) is 21.4 Å². The summed E-state index contributed by atoms with van der Waals surface area (Å²) < 4.78 is 1.98. The van der Waals surface area contributed by atoms with Gasteiger partial charge in [0, 0.05) is 32.6 Å². The number of hydrogen-bond acceptors (Lipinski definition) is 3. The lowest BCUT2D eigenvalue weighted by Gasteiger charge is -2.24. The van der Waals surface area contributed by atoms with Crippen LogP contribution >= 0.6 is 23.8 Å². The highest BCUT2D eigenvalue weighted by atomic mass is 35.5. The molecule has 1 aromatic heterocycles. The van der Waals surface area contributed by atoms with Crippen LogP contribution in [0.15, 0.2) is 0 Å². The molecule has 6 heteroatoms. The Kier molecular flexibility index (Phi) is 6.92. The molecule has 0 aliphatic heterocycles. The van der Waals surface area contributed by atoms with Gasteiger partial charge < -0.3 is 5.73 Å². The number of rotatable bonds is 8. The van der Waals surface area contributed by atoms with Gasteiger partial charge in [-0.05, 0) is 19.8 Å². The van der Waals surface area contributed by atoms with E-state index in [4.69, 9.17) is 29.6 Å². The van der Waals surface area contributed by atoms with Crippen LogP contribution in [0.1, 0.15) is 38.6 Å². The molecule has 0 atom stereocenters. The maximum absolute atomic E-state index is 6.38. The van der Waals surface area contributed by atoms with Crippen molar-refractivity contribution in [2.24, 2.45) is 11.7 Å². The molecule has 0 saturated heterocycles. The first-order valence-electron chi connectivity index (χ1n) is 7.07. The second-order valence-corrected chi connectivity index (χ2v) is 6.41. The van der Waals surface area contributed by atoms with Crippen LogP contribution in [0.2, 0.25) is 5.02 Å². The number of halogens is 1. The molecule has 0 radical (unpaired) electrons. The fourth-order valence-electron chi connectivity index (χ4n) is 2.25. The molecule has 1 aromatic rings. The third kappa shape index (κ3) is 5.04. The van der Waals surface area contributed by atoms with E-state index >= 15 is 0 Å². The van der Waals surface area contributed by atoms with Gasteiger partial charge in [-0.2, -0.15) is 5.10 Å². The summed E-state index contributed by atoms with van der Waals surface area (Å²) in [4.78, 5) is 2.91. The number of hydrogen-bond donors (Lipinski definition) is 1. The molecule has 0 aromatic carbocycles. The highest BCUT2D eigenvalue weighted by Gasteiger charge is 2.17. The Morgan fingerprint density at radius 2 is 2.15 bits per heavy atom. The van der Waals surface area contributed by atoms with Gasteiger partial charge in [0.2, 0.25) is 0 Å². The van der Waals surface area contributed by atoms with Crippen LogP contribution in [0.3, 0.4) is 0 Å². The Morgan fingerprint density at radius 3 is 2.65 bits per heavy atom. The number of thiocarbonyl (C=S) groups is 1. The molecule has 0 saturated carbocycles. The molecule has 1 heterocycles. The molecule has 1 rings (SSSR count). The molecule has 2 N–H and O–H groups in total. The zero-order chi connectivity index (χ0) is 15.3. The van der Waals surface area contributed by atoms with Crippen molar-refractivity contribution in [1.82, 2.24) is 14.7 Å². The molecule has 114 valence electrons. The minimum absolute atomic E-state index is 0.560. The van der Waals surface area contributed by atoms with Crippen molar-refractivity contribution < 1.29 is 0 Å². The van der Waals surface area contributed by atoms with E-state index in [9.17, 15) is 0 Å². The van der Waals surface area contributed by atoms with E-state index in [1.165, 1.54) is 0 Å². The van der Waals surface area contributed by atoms with Gasteiger partial charge in [0.1, 0.15) is 0 Å². The lowest BCUT2D eigenvalue weighted by Crippen LogP contribution is -2.31. The number of aryl methyl sites for hydroxylation is 2. The molecule has 0 spiro atoms. The van der Waals surface area contributed by atoms with Crippen molar-refractivity contribution in [3.8, 4) is 0 Å². The summed E-state index contributed by atoms with van der Waals surface area (Å²) in [6.07, 6.45) is 0.735. The van der Waals surface area contributed by atoms with Crippen molar-refractivity contribution in [2.45, 2.75) is 47.2 Å². The van der Waals surface area contributed by atoms with E-state index in [-0.39, 0.29) is 0 Å². The normalized spacial score (nSPS) is 11.6. The molecule has 4 nitrogen and oxygen atoms in total. The van der Waals surface area contributed by atoms with Crippen molar-refractivity contribution in [2.75, 3.05) is 13.1 Å². The van der Waals surface area contributed by atoms with Crippen LogP contribution in [0.5, 0.6) is 0 Å². The monoisotopic (exact) mass is 316 g/mol. The smallest absolute Gasteiger partial charge is 0.0860 e. The molecule has 0 aliphatic carbocycles. The third-order valence-corrected chi connectivity index (χ3v) is 3.82. The van der Waals surface area contributed by atoms with Crippen LogP contribution in [-0.2, 0) is 13.1 Å². The zero-order valence-electron chi connectivity index (χ0n) is 12.8. The first-order chi connectivity index (χ1) is 9.35. The van der Waals surface area contributed by atoms with Gasteiger partial charge in [0.15, 0.2) is 0 Å². The van der Waals surface area contributed by atoms with Crippen LogP contribution in [0.25, 0.3) is 0 Å². The van der Waals surface area contributed by atoms with Gasteiger partial charge in [0.25, 0.3) is 0 Å². The Balaban J connectivity index is 2.85. The third-order valence-electron chi connectivity index (χ3n) is 3.12. The molecule has 0 aliphatic rings. The zero-order valence-corrected chi connectivity index (χ0v) is 14.4. The van der Waals surface area contributed by atoms with Crippen LogP contribution in [0.4, 0.5) is 0 Å². The Labute approximate surface area is 132 Å². The minimum atomic E-state index is 0.560. The summed E-state index contributed by atoms with van der Waals surface area (Å²) in [6.45, 7) is 11.9. The van der Waals surface area contributed by atoms with E-state index in [2.05, 4.69) is 30.8 Å². The average Bonchev–Trinajstić information content (AvgIpc) is 2.62. The van der Waals surface area contributed by atoms with E-state index in [1.807, 2.05) is 11.6 Å². The van der Waals surface area contributed by atoms with Crippen molar-refractivity contribution in [3.63, 3.8) is 0 Å². The Bertz CT molecular complexity index is 456. The summed E-state index contributed by atoms with van der Waals surface area (Å²) in [6, 6.07) is 0. The van der Waals surface area contributed by atoms with Crippen LogP contribution in [-0.4, -0.2) is 32.8 Å². The standard InChI is InChI=1S/C14H25ClN4S/c1-5-19-12(14(15)11(4)17-19)9-18(8-10(2)3)7-6-13(16)20/h10H,5-9H2,1-4H3,(H2,16,20). The van der Waals surface area contributed by atoms with Crippen LogP contribution in [0, 0.1) is 12.8 Å². The molecule has 0 bridgehead atoms. The maximum Gasteiger partial charge on any atom is 0.0860 e. The van der Waals surface area contributed by atoms with E-state index in [1.54, 1.807) is 0 Å². The molecule has 0 unspecified atom stereocenters. The lowest BCUT2D eigenvalue weighted by atomic mass is 10.2. The summed E-state index contributed by atoms with van der Waals surface area (Å²) in [5.41, 5.74) is 7.59. The molecule has 20 heavy (non-hydrogen) atoms. The number of aromatic nitrogens is 2. The van der Waals surface area contributed by atoms with Crippen LogP contribution < -0.4 is 5.73 Å². The summed E-state index contributed by atoms with van der Waals surface area (Å²) in [5.74, 6) is 0.583. The van der Waals surface area contributed by atoms with Gasteiger partial charge in [-0.15, -0.1) is 0 Å². The SMILES string of the molecule is CCn1nc(C)c(Cl)c1CN(CCC(N)=S)CC(C)C. The lowest BCUT2D eigenvalue weighted by molar-refractivity contribution is 0.236. The Morgan fingerprint density at radius 1 is 1.50 bits per heavy atom. The van der Waals surface area contributed by atoms with Gasteiger partial charge in [-0.25, -0.2) is 0 Å². The summed E-state index contributed by atoms with van der Waals surface area (Å²) in [5, 5.41) is 5.24. The van der Waals surface area contributed by atoms with Gasteiger partial charge in [-0.3, -0.25) is 9.58 Å². The maximum atomic E-state index is 6.38. The van der Waals surface area contributed by atoms with Gasteiger partial charge >= 0.3 is 0 Å². The topological polar surface area (TPSA) is 47.1 Å². The molecular formula is C14H25ClN4S. The van der Waals surface area contributed by atoms with Crippen molar-refractivity contribution in [1.29, 1.82) is 0 Å². The fourth-order valence-corrected chi connectivity index (χ4v) is 2.54. The largest absolute Gasteiger partial charge is 0.393 e. The Hall–Kier alpha value is -0.650. The fraction of sp³-hybridized carbons (Fsp3) is 0.714. The molecular weight excluding hydrogens is 292 g/mol. The highest BCUT2D eigenvalue weighted by Crippen LogP contribution is 2.22. The van der Waals surface area contributed by atoms with Gasteiger partial charge in [-0.1, -0.05) is 37.7 Å². The second kappa shape index (κ2) is 7.96. The average molecular weight is 317 g/mol. The molecule has 0 amide bonds. The van der Waals surface area contributed by atoms with E-state index < -0.39 is 0 Å². The first-order valence-corrected chi connectivity index (χ1v) is 7.86. The minimum Gasteiger partial charge on any atom is -0.393 e. The predicted octanol–water partition coefficient (Wildman–Crippen LogP) is 3.00. The number of nitrogens with two attached hydrogens (primary N) is 1. The predicted molar refractivity (Wildman–Crippen MR) is 89.2 cm³/mol. The highest BCUT2D eigenvalue weighted by molar-refractivity contribution is 7.80. The van der Waals surface area contributed by atoms with E-state index in [0.717, 1.165) is 49.0 Å². The van der Waals surface area contributed by atoms with Crippen molar-refractivity contribution >= 4 is 28.8 Å². The first kappa shape index (κ1) is 17.4. The number of nitrogens with zero attached hydrogens (tertiary/aromatic N) is 3. The molecule has 0 fully saturated rings. The summed E-state index contributed by atoms with van der Waals surface area (Å²) in [7, 11) is 0. The van der Waals surface area contributed by atoms with E-state index in [0.29, 0.717) is 10.9 Å².